The molecule has 8 rings (SSSR count). The van der Waals surface area contributed by atoms with Crippen LogP contribution in [-0.2, 0) is 37.0 Å². The normalized spacial score (nSPS) is 25.3. The topological polar surface area (TPSA) is 118 Å². The van der Waals surface area contributed by atoms with E-state index in [2.05, 4.69) is 19.9 Å². The van der Waals surface area contributed by atoms with Crippen molar-refractivity contribution in [3.8, 4) is 6.01 Å². The van der Waals surface area contributed by atoms with Gasteiger partial charge in [-0.2, -0.15) is 28.2 Å². The van der Waals surface area contributed by atoms with E-state index in [0.717, 1.165) is 44.5 Å². The van der Waals surface area contributed by atoms with E-state index in [1.807, 2.05) is 11.9 Å². The Morgan fingerprint density at radius 2 is 1.94 bits per heavy atom. The lowest BCUT2D eigenvalue weighted by molar-refractivity contribution is -0.140. The van der Waals surface area contributed by atoms with Gasteiger partial charge in [-0.3, -0.25) is 19.3 Å². The zero-order valence-electron chi connectivity index (χ0n) is 29.3. The number of alkyl halides is 4. The van der Waals surface area contributed by atoms with Crippen molar-refractivity contribution in [1.82, 2.24) is 34.4 Å². The van der Waals surface area contributed by atoms with Crippen molar-refractivity contribution >= 4 is 29.0 Å². The summed E-state index contributed by atoms with van der Waals surface area (Å²) in [7, 11) is 1.95. The molecule has 1 amide bonds. The molecule has 3 atom stereocenters. The van der Waals surface area contributed by atoms with Crippen molar-refractivity contribution in [3.63, 3.8) is 0 Å². The predicted molar refractivity (Wildman–Crippen MR) is 184 cm³/mol. The number of nitrogen functional groups attached to an aromatic ring is 1. The van der Waals surface area contributed by atoms with Crippen LogP contribution in [0.3, 0.4) is 0 Å². The van der Waals surface area contributed by atoms with Gasteiger partial charge in [0.15, 0.2) is 11.5 Å². The number of amides is 1. The lowest BCUT2D eigenvalue weighted by Gasteiger charge is -2.33. The second kappa shape index (κ2) is 13.8. The van der Waals surface area contributed by atoms with Gasteiger partial charge < -0.3 is 25.0 Å². The predicted octanol–water partition coefficient (Wildman–Crippen LogP) is 4.98. The van der Waals surface area contributed by atoms with E-state index >= 15 is 4.39 Å². The van der Waals surface area contributed by atoms with Gasteiger partial charge >= 0.3 is 12.2 Å². The molecule has 5 aliphatic rings. The van der Waals surface area contributed by atoms with Gasteiger partial charge in [0.05, 0.1) is 59.1 Å². The maximum absolute atomic E-state index is 15.4. The van der Waals surface area contributed by atoms with Crippen LogP contribution in [0.1, 0.15) is 76.8 Å². The highest BCUT2D eigenvalue weighted by molar-refractivity contribution is 6.34. The monoisotopic (exact) mass is 765 g/mol. The number of halogens is 6. The standard InChI is InChI=1S/C35H41ClF5N9O3/c1-46-8-3-10-48(19-46)32(51)30-28(36)25-16-47(9-4-12-50(25)45-30)31-21-17-52-26(27-22(35(39,40)41)5-6-23(42)29(27)38)13-24(21)43-33(44-31)53-18-34-7-2-11-49(34)15-20(37)14-34/h5-6,20,26H,2-4,7-19,42H2,1H3/t20-,26+,34+/m1/s1. The quantitative estimate of drug-likeness (QED) is 0.272. The summed E-state index contributed by atoms with van der Waals surface area (Å²) in [6, 6.07) is 1.62. The summed E-state index contributed by atoms with van der Waals surface area (Å²) >= 11 is 6.92. The first-order chi connectivity index (χ1) is 25.3. The van der Waals surface area contributed by atoms with E-state index in [4.69, 9.17) is 31.8 Å². The van der Waals surface area contributed by atoms with E-state index in [1.165, 1.54) is 0 Å². The lowest BCUT2D eigenvalue weighted by atomic mass is 9.94. The van der Waals surface area contributed by atoms with Crippen molar-refractivity contribution in [2.75, 3.05) is 63.7 Å². The van der Waals surface area contributed by atoms with Crippen LogP contribution in [0.15, 0.2) is 12.1 Å². The van der Waals surface area contributed by atoms with Crippen LogP contribution >= 0.6 is 11.6 Å². The molecule has 18 heteroatoms. The second-order valence-corrected chi connectivity index (χ2v) is 15.2. The highest BCUT2D eigenvalue weighted by Gasteiger charge is 2.49. The number of hydrogen-bond donors (Lipinski definition) is 1. The third-order valence-electron chi connectivity index (χ3n) is 11.2. The molecule has 3 aromatic rings. The molecule has 12 nitrogen and oxygen atoms in total. The van der Waals surface area contributed by atoms with Crippen LogP contribution in [0.5, 0.6) is 6.01 Å². The van der Waals surface area contributed by atoms with Gasteiger partial charge in [-0.15, -0.1) is 0 Å². The number of anilines is 2. The fourth-order valence-electron chi connectivity index (χ4n) is 8.64. The Morgan fingerprint density at radius 3 is 2.74 bits per heavy atom. The zero-order chi connectivity index (χ0) is 37.2. The number of carbonyl (C=O) groups excluding carboxylic acids is 1. The molecule has 3 saturated heterocycles. The fourth-order valence-corrected chi connectivity index (χ4v) is 8.92. The van der Waals surface area contributed by atoms with Crippen LogP contribution in [0, 0.1) is 5.82 Å². The zero-order valence-corrected chi connectivity index (χ0v) is 30.0. The third kappa shape index (κ3) is 6.67. The summed E-state index contributed by atoms with van der Waals surface area (Å²) in [5.74, 6) is -1.03. The van der Waals surface area contributed by atoms with Crippen molar-refractivity contribution in [2.24, 2.45) is 0 Å². The van der Waals surface area contributed by atoms with Crippen molar-refractivity contribution in [1.29, 1.82) is 0 Å². The summed E-state index contributed by atoms with van der Waals surface area (Å²) in [6.45, 7) is 4.10. The maximum atomic E-state index is 15.4. The SMILES string of the molecule is CN1CCCN(C(=O)c2nn3c(c2Cl)CN(c2nc(OC[C@@]45CCCN4C[C@H](F)C5)nc4c2CO[C@H](c2c(C(F)(F)F)ccc(N)c2F)C4)CCC3)C1. The summed E-state index contributed by atoms with van der Waals surface area (Å²) in [6.07, 6.45) is -4.01. The molecule has 2 N–H and O–H groups in total. The number of nitrogens with two attached hydrogens (primary N) is 1. The van der Waals surface area contributed by atoms with Gasteiger partial charge in [0.2, 0.25) is 0 Å². The van der Waals surface area contributed by atoms with Crippen LogP contribution in [-0.4, -0.2) is 105 Å². The fraction of sp³-hybridized carbons (Fsp3) is 0.600. The summed E-state index contributed by atoms with van der Waals surface area (Å²) in [5, 5.41) is 4.87. The van der Waals surface area contributed by atoms with Gasteiger partial charge in [-0.25, -0.2) is 8.78 Å². The van der Waals surface area contributed by atoms with Crippen LogP contribution in [0.2, 0.25) is 5.02 Å². The molecular formula is C35H41ClF5N9O3. The van der Waals surface area contributed by atoms with Gasteiger partial charge in [0.1, 0.15) is 18.6 Å². The number of aryl methyl sites for hydroxylation is 1. The number of ether oxygens (including phenoxy) is 2. The lowest BCUT2D eigenvalue weighted by Crippen LogP contribution is -2.46. The van der Waals surface area contributed by atoms with E-state index in [9.17, 15) is 22.4 Å². The number of fused-ring (bicyclic) bond motifs is 3. The highest BCUT2D eigenvalue weighted by Crippen LogP contribution is 2.44. The number of benzene rings is 1. The molecule has 5 aliphatic heterocycles. The van der Waals surface area contributed by atoms with Crippen molar-refractivity contribution in [2.45, 2.75) is 82.2 Å². The van der Waals surface area contributed by atoms with Crippen LogP contribution < -0.4 is 15.4 Å². The van der Waals surface area contributed by atoms with E-state index < -0.39 is 46.6 Å². The smallest absolute Gasteiger partial charge is 0.416 e. The Hall–Kier alpha value is -3.80. The number of rotatable bonds is 6. The molecule has 53 heavy (non-hydrogen) atoms. The van der Waals surface area contributed by atoms with E-state index in [0.29, 0.717) is 68.5 Å². The van der Waals surface area contributed by atoms with Crippen LogP contribution in [0.25, 0.3) is 0 Å². The first-order valence-electron chi connectivity index (χ1n) is 18.0. The number of aromatic nitrogens is 4. The molecule has 3 fully saturated rings. The minimum Gasteiger partial charge on any atom is -0.461 e. The van der Waals surface area contributed by atoms with E-state index in [1.54, 1.807) is 9.58 Å². The van der Waals surface area contributed by atoms with E-state index in [-0.39, 0.29) is 48.8 Å². The van der Waals surface area contributed by atoms with Crippen molar-refractivity contribution < 1.29 is 36.2 Å². The van der Waals surface area contributed by atoms with Crippen molar-refractivity contribution in [3.05, 3.63) is 56.7 Å². The molecule has 0 saturated carbocycles. The first kappa shape index (κ1) is 36.2. The minimum atomic E-state index is -4.86. The molecule has 0 unspecified atom stereocenters. The average Bonchev–Trinajstić information content (AvgIpc) is 3.69. The Bertz CT molecular complexity index is 1910. The highest BCUT2D eigenvalue weighted by atomic mass is 35.5. The first-order valence-corrected chi connectivity index (χ1v) is 18.4. The number of nitrogens with zero attached hydrogens (tertiary/aromatic N) is 8. The Balaban J connectivity index is 1.14. The third-order valence-corrected chi connectivity index (χ3v) is 11.6. The minimum absolute atomic E-state index is 0.0269. The Labute approximate surface area is 307 Å². The molecule has 1 aromatic carbocycles. The molecule has 2 aromatic heterocycles. The molecule has 7 heterocycles. The molecular weight excluding hydrogens is 725 g/mol. The van der Waals surface area contributed by atoms with Gasteiger partial charge in [0.25, 0.3) is 5.91 Å². The summed E-state index contributed by atoms with van der Waals surface area (Å²) in [4.78, 5) is 30.9. The molecule has 0 bridgehead atoms. The van der Waals surface area contributed by atoms with Gasteiger partial charge in [-0.05, 0) is 51.4 Å². The van der Waals surface area contributed by atoms with Crippen LogP contribution in [0.4, 0.5) is 33.5 Å². The number of carbonyl (C=O) groups is 1. The molecule has 0 radical (unpaired) electrons. The summed E-state index contributed by atoms with van der Waals surface area (Å²) in [5.41, 5.74) is 4.56. The Morgan fingerprint density at radius 1 is 1.13 bits per heavy atom. The molecule has 0 aliphatic carbocycles. The molecule has 286 valence electrons. The number of hydrogen-bond acceptors (Lipinski definition) is 10. The van der Waals surface area contributed by atoms with Gasteiger partial charge in [0, 0.05) is 56.7 Å². The largest absolute Gasteiger partial charge is 0.461 e. The maximum Gasteiger partial charge on any atom is 0.416 e. The Kier molecular flexibility index (Phi) is 9.43. The van der Waals surface area contributed by atoms with Gasteiger partial charge in [-0.1, -0.05) is 11.6 Å². The molecule has 0 spiro atoms. The average molecular weight is 766 g/mol. The summed E-state index contributed by atoms with van der Waals surface area (Å²) < 4.78 is 86.4. The second-order valence-electron chi connectivity index (χ2n) is 14.8.